The summed E-state index contributed by atoms with van der Waals surface area (Å²) in [5.41, 5.74) is 2.10. The maximum atomic E-state index is 12.0. The molecule has 1 atom stereocenters. The molecule has 0 radical (unpaired) electrons. The summed E-state index contributed by atoms with van der Waals surface area (Å²) >= 11 is 0. The van der Waals surface area contributed by atoms with Gasteiger partial charge in [0.15, 0.2) is 0 Å². The Morgan fingerprint density at radius 1 is 1.18 bits per heavy atom. The number of aromatic nitrogens is 2. The van der Waals surface area contributed by atoms with Gasteiger partial charge in [-0.05, 0) is 41.4 Å². The molecule has 0 amide bonds. The number of fused-ring (bicyclic) bond motifs is 1. The van der Waals surface area contributed by atoms with Crippen LogP contribution in [0.3, 0.4) is 0 Å². The minimum absolute atomic E-state index is 0.179. The van der Waals surface area contributed by atoms with E-state index in [9.17, 15) is 9.70 Å². The van der Waals surface area contributed by atoms with Crippen LogP contribution in [-0.4, -0.2) is 36.8 Å². The Morgan fingerprint density at radius 2 is 2.00 bits per heavy atom. The van der Waals surface area contributed by atoms with Gasteiger partial charge in [-0.15, -0.1) is 4.91 Å². The molecule has 0 aliphatic heterocycles. The number of hydrogen-bond donors (Lipinski definition) is 1. The zero-order valence-electron chi connectivity index (χ0n) is 15.6. The van der Waals surface area contributed by atoms with Crippen LogP contribution in [0, 0.1) is 4.91 Å². The zero-order valence-corrected chi connectivity index (χ0v) is 15.6. The molecule has 0 aliphatic carbocycles. The molecule has 8 nitrogen and oxygen atoms in total. The number of anilines is 1. The second kappa shape index (κ2) is 9.01. The van der Waals surface area contributed by atoms with Crippen molar-refractivity contribution in [3.05, 3.63) is 64.8 Å². The summed E-state index contributed by atoms with van der Waals surface area (Å²) in [7, 11) is 2.96. The van der Waals surface area contributed by atoms with Gasteiger partial charge in [0.25, 0.3) is 0 Å². The lowest BCUT2D eigenvalue weighted by atomic mass is 10.0. The molecular formula is C20H20N4O4. The van der Waals surface area contributed by atoms with E-state index in [0.29, 0.717) is 41.0 Å². The first-order valence-corrected chi connectivity index (χ1v) is 8.68. The van der Waals surface area contributed by atoms with Crippen molar-refractivity contribution >= 4 is 28.4 Å². The molecular weight excluding hydrogens is 360 g/mol. The highest BCUT2D eigenvalue weighted by atomic mass is 16.5. The van der Waals surface area contributed by atoms with Gasteiger partial charge in [0.2, 0.25) is 0 Å². The van der Waals surface area contributed by atoms with Crippen molar-refractivity contribution in [1.29, 1.82) is 0 Å². The molecule has 1 unspecified atom stereocenters. The smallest absolute Gasteiger partial charge is 0.340 e. The van der Waals surface area contributed by atoms with Crippen molar-refractivity contribution in [3.8, 4) is 0 Å². The van der Waals surface area contributed by atoms with Gasteiger partial charge >= 0.3 is 5.97 Å². The quantitative estimate of drug-likeness (QED) is 0.465. The highest BCUT2D eigenvalue weighted by molar-refractivity contribution is 6.05. The first-order valence-electron chi connectivity index (χ1n) is 8.68. The molecule has 0 aliphatic rings. The van der Waals surface area contributed by atoms with E-state index in [0.717, 1.165) is 5.56 Å². The molecule has 1 aromatic heterocycles. The number of nitrogens with zero attached hydrogens (tertiary/aromatic N) is 3. The molecule has 0 bridgehead atoms. The molecule has 0 saturated carbocycles. The number of carbonyl (C=O) groups excluding carboxylic acids is 1. The van der Waals surface area contributed by atoms with Gasteiger partial charge in [0.1, 0.15) is 17.8 Å². The third-order valence-corrected chi connectivity index (χ3v) is 4.37. The van der Waals surface area contributed by atoms with Crippen molar-refractivity contribution in [2.75, 3.05) is 26.1 Å². The molecule has 28 heavy (non-hydrogen) atoms. The van der Waals surface area contributed by atoms with E-state index in [2.05, 4.69) is 20.5 Å². The fraction of sp³-hybridized carbons (Fsp3) is 0.250. The third-order valence-electron chi connectivity index (χ3n) is 4.37. The van der Waals surface area contributed by atoms with Gasteiger partial charge in [0, 0.05) is 19.1 Å². The van der Waals surface area contributed by atoms with E-state index < -0.39 is 5.97 Å². The summed E-state index contributed by atoms with van der Waals surface area (Å²) in [5.74, 6) is 0.109. The number of para-hydroxylation sites is 1. The van der Waals surface area contributed by atoms with Crippen LogP contribution in [0.2, 0.25) is 0 Å². The summed E-state index contributed by atoms with van der Waals surface area (Å²) < 4.78 is 10.1. The summed E-state index contributed by atoms with van der Waals surface area (Å²) in [6.07, 6.45) is 2.04. The van der Waals surface area contributed by atoms with Crippen LogP contribution in [0.15, 0.2) is 54.0 Å². The van der Waals surface area contributed by atoms with Gasteiger partial charge in [-0.3, -0.25) is 0 Å². The molecule has 8 heteroatoms. The second-order valence-corrected chi connectivity index (χ2v) is 6.08. The fourth-order valence-corrected chi connectivity index (χ4v) is 3.00. The van der Waals surface area contributed by atoms with Crippen molar-refractivity contribution in [3.63, 3.8) is 0 Å². The second-order valence-electron chi connectivity index (χ2n) is 6.08. The minimum Gasteiger partial charge on any atom is -0.465 e. The lowest BCUT2D eigenvalue weighted by Crippen LogP contribution is -2.15. The van der Waals surface area contributed by atoms with Gasteiger partial charge in [0.05, 0.1) is 24.2 Å². The summed E-state index contributed by atoms with van der Waals surface area (Å²) in [6.45, 7) is 0.507. The van der Waals surface area contributed by atoms with Crippen molar-refractivity contribution in [2.24, 2.45) is 5.18 Å². The van der Waals surface area contributed by atoms with E-state index >= 15 is 0 Å². The Bertz CT molecular complexity index is 993. The predicted octanol–water partition coefficient (Wildman–Crippen LogP) is 4.00. The first kappa shape index (κ1) is 19.4. The summed E-state index contributed by atoms with van der Waals surface area (Å²) in [4.78, 5) is 31.5. The molecule has 3 rings (SSSR count). The van der Waals surface area contributed by atoms with E-state index in [1.165, 1.54) is 13.4 Å². The number of hydrogen-bond acceptors (Lipinski definition) is 8. The Morgan fingerprint density at radius 3 is 2.75 bits per heavy atom. The molecule has 0 spiro atoms. The Kier molecular flexibility index (Phi) is 6.23. The van der Waals surface area contributed by atoms with Gasteiger partial charge < -0.3 is 14.8 Å². The zero-order chi connectivity index (χ0) is 19.9. The molecule has 1 heterocycles. The Balaban J connectivity index is 2.01. The fourth-order valence-electron chi connectivity index (χ4n) is 3.00. The predicted molar refractivity (Wildman–Crippen MR) is 106 cm³/mol. The largest absolute Gasteiger partial charge is 0.465 e. The third kappa shape index (κ3) is 4.12. The SMILES string of the molecule is COCCC(Nc1ncnc2c(C(=O)OC)cccc12)c1cccc(N=O)c1. The van der Waals surface area contributed by atoms with Crippen LogP contribution in [0.25, 0.3) is 10.9 Å². The van der Waals surface area contributed by atoms with Crippen LogP contribution in [0.5, 0.6) is 0 Å². The van der Waals surface area contributed by atoms with E-state index in [1.54, 1.807) is 37.4 Å². The first-order chi connectivity index (χ1) is 13.7. The van der Waals surface area contributed by atoms with E-state index in [-0.39, 0.29) is 6.04 Å². The lowest BCUT2D eigenvalue weighted by Gasteiger charge is -2.21. The number of esters is 1. The Hall–Kier alpha value is -3.39. The normalized spacial score (nSPS) is 11.8. The topological polar surface area (TPSA) is 103 Å². The van der Waals surface area contributed by atoms with Crippen molar-refractivity contribution in [1.82, 2.24) is 9.97 Å². The molecule has 0 fully saturated rings. The van der Waals surface area contributed by atoms with E-state index in [1.807, 2.05) is 12.1 Å². The number of rotatable bonds is 8. The molecule has 0 saturated heterocycles. The number of nitrogens with one attached hydrogen (secondary N) is 1. The van der Waals surface area contributed by atoms with Crippen LogP contribution < -0.4 is 5.32 Å². The van der Waals surface area contributed by atoms with Crippen molar-refractivity contribution in [2.45, 2.75) is 12.5 Å². The lowest BCUT2D eigenvalue weighted by molar-refractivity contribution is 0.0603. The summed E-state index contributed by atoms with van der Waals surface area (Å²) in [5, 5.41) is 7.08. The summed E-state index contributed by atoms with van der Waals surface area (Å²) in [6, 6.07) is 12.1. The molecule has 1 N–H and O–H groups in total. The van der Waals surface area contributed by atoms with Crippen molar-refractivity contribution < 1.29 is 14.3 Å². The number of nitroso groups, excluding NO2 is 1. The van der Waals surface area contributed by atoms with Gasteiger partial charge in [-0.2, -0.15) is 0 Å². The highest BCUT2D eigenvalue weighted by Gasteiger charge is 2.17. The average molecular weight is 380 g/mol. The van der Waals surface area contributed by atoms with Crippen LogP contribution >= 0.6 is 0 Å². The molecule has 3 aromatic rings. The van der Waals surface area contributed by atoms with Gasteiger partial charge in [-0.1, -0.05) is 18.2 Å². The maximum absolute atomic E-state index is 12.0. The molecule has 144 valence electrons. The van der Waals surface area contributed by atoms with Crippen LogP contribution in [-0.2, 0) is 9.47 Å². The average Bonchev–Trinajstić information content (AvgIpc) is 2.75. The number of methoxy groups -OCH3 is 2. The maximum Gasteiger partial charge on any atom is 0.340 e. The number of benzene rings is 2. The minimum atomic E-state index is -0.462. The van der Waals surface area contributed by atoms with E-state index in [4.69, 9.17) is 9.47 Å². The highest BCUT2D eigenvalue weighted by Crippen LogP contribution is 2.29. The standard InChI is InChI=1S/C20H20N4O4/c1-27-10-9-17(13-5-3-6-14(11-13)24-26)23-19-15-7-4-8-16(20(25)28-2)18(15)21-12-22-19/h3-8,11-12,17H,9-10H2,1-2H3,(H,21,22,23). The number of carbonyl (C=O) groups is 1. The molecule has 2 aromatic carbocycles. The van der Waals surface area contributed by atoms with Crippen LogP contribution in [0.4, 0.5) is 11.5 Å². The van der Waals surface area contributed by atoms with Crippen LogP contribution in [0.1, 0.15) is 28.4 Å². The Labute approximate surface area is 161 Å². The van der Waals surface area contributed by atoms with Gasteiger partial charge in [-0.25, -0.2) is 14.8 Å². The monoisotopic (exact) mass is 380 g/mol. The number of ether oxygens (including phenoxy) is 2.